The molecule has 1 saturated carbocycles. The molecule has 3 N–H and O–H groups in total. The van der Waals surface area contributed by atoms with Crippen molar-refractivity contribution in [2.75, 3.05) is 19.7 Å². The van der Waals surface area contributed by atoms with Gasteiger partial charge >= 0.3 is 0 Å². The number of aliphatic imine (C=N–C) groups is 1. The molecule has 1 aromatic rings. The van der Waals surface area contributed by atoms with Crippen LogP contribution >= 0.6 is 35.3 Å². The van der Waals surface area contributed by atoms with Crippen LogP contribution in [0.2, 0.25) is 0 Å². The van der Waals surface area contributed by atoms with Gasteiger partial charge in [-0.25, -0.2) is 0 Å². The predicted molar refractivity (Wildman–Crippen MR) is 105 cm³/mol. The summed E-state index contributed by atoms with van der Waals surface area (Å²) in [5.41, 5.74) is 5.84. The summed E-state index contributed by atoms with van der Waals surface area (Å²) in [6.45, 7) is 2.16. The third-order valence-corrected chi connectivity index (χ3v) is 4.72. The van der Waals surface area contributed by atoms with Gasteiger partial charge in [-0.3, -0.25) is 4.99 Å². The number of nitrogens with two attached hydrogens (primary N) is 1. The summed E-state index contributed by atoms with van der Waals surface area (Å²) in [5.74, 6) is 0.524. The van der Waals surface area contributed by atoms with Crippen molar-refractivity contribution in [1.29, 1.82) is 0 Å². The Bertz CT molecular complexity index is 404. The van der Waals surface area contributed by atoms with E-state index in [2.05, 4.69) is 27.8 Å². The van der Waals surface area contributed by atoms with Gasteiger partial charge in [-0.15, -0.1) is 35.3 Å². The molecule has 0 aromatic carbocycles. The molecular weight excluding hydrogens is 409 g/mol. The van der Waals surface area contributed by atoms with E-state index in [9.17, 15) is 0 Å². The highest BCUT2D eigenvalue weighted by Crippen LogP contribution is 2.19. The maximum absolute atomic E-state index is 5.89. The standard InChI is InChI=1S/C16H27N3OS.HI/c17-16(18-10-9-15-8-5-13-21-15)19-11-12-20-14-6-3-1-2-4-7-14;/h5,8,13-14H,1-4,6-7,9-12H2,(H3,17,18,19);1H. The molecule has 0 radical (unpaired) electrons. The Morgan fingerprint density at radius 1 is 1.32 bits per heavy atom. The van der Waals surface area contributed by atoms with Crippen molar-refractivity contribution in [3.63, 3.8) is 0 Å². The van der Waals surface area contributed by atoms with Crippen LogP contribution in [0.25, 0.3) is 0 Å². The third-order valence-electron chi connectivity index (χ3n) is 3.79. The molecule has 0 unspecified atom stereocenters. The van der Waals surface area contributed by atoms with Crippen molar-refractivity contribution >= 4 is 41.3 Å². The molecule has 6 heteroatoms. The Labute approximate surface area is 154 Å². The SMILES string of the molecule is I.NC(=NCCOC1CCCCCC1)NCCc1cccs1. The van der Waals surface area contributed by atoms with Gasteiger partial charge in [-0.1, -0.05) is 31.7 Å². The Morgan fingerprint density at radius 2 is 2.09 bits per heavy atom. The fraction of sp³-hybridized carbons (Fsp3) is 0.688. The van der Waals surface area contributed by atoms with Gasteiger partial charge < -0.3 is 15.8 Å². The molecule has 0 aliphatic heterocycles. The highest BCUT2D eigenvalue weighted by molar-refractivity contribution is 14.0. The average molecular weight is 437 g/mol. The van der Waals surface area contributed by atoms with E-state index in [0.717, 1.165) is 13.0 Å². The number of nitrogens with zero attached hydrogens (tertiary/aromatic N) is 1. The molecule has 1 aromatic heterocycles. The third kappa shape index (κ3) is 8.33. The summed E-state index contributed by atoms with van der Waals surface area (Å²) in [6.07, 6.45) is 9.18. The summed E-state index contributed by atoms with van der Waals surface area (Å²) in [7, 11) is 0. The zero-order valence-electron chi connectivity index (χ0n) is 13.1. The van der Waals surface area contributed by atoms with E-state index in [4.69, 9.17) is 10.5 Å². The summed E-state index contributed by atoms with van der Waals surface area (Å²) in [6, 6.07) is 4.21. The molecule has 2 rings (SSSR count). The first-order valence-corrected chi connectivity index (χ1v) is 8.90. The van der Waals surface area contributed by atoms with Crippen LogP contribution in [0.3, 0.4) is 0 Å². The smallest absolute Gasteiger partial charge is 0.188 e. The van der Waals surface area contributed by atoms with Crippen LogP contribution in [0, 0.1) is 0 Å². The minimum atomic E-state index is 0. The number of nitrogens with one attached hydrogen (secondary N) is 1. The first-order valence-electron chi connectivity index (χ1n) is 8.02. The van der Waals surface area contributed by atoms with Gasteiger partial charge in [0.1, 0.15) is 0 Å². The first kappa shape index (κ1) is 19.7. The second-order valence-electron chi connectivity index (χ2n) is 5.51. The highest BCUT2D eigenvalue weighted by atomic mass is 127. The second kappa shape index (κ2) is 12.1. The van der Waals surface area contributed by atoms with Gasteiger partial charge in [0.25, 0.3) is 0 Å². The average Bonchev–Trinajstić information content (AvgIpc) is 2.86. The number of halogens is 1. The number of hydrogen-bond acceptors (Lipinski definition) is 3. The minimum absolute atomic E-state index is 0. The lowest BCUT2D eigenvalue weighted by Gasteiger charge is -2.14. The van der Waals surface area contributed by atoms with Crippen molar-refractivity contribution in [3.8, 4) is 0 Å². The largest absolute Gasteiger partial charge is 0.376 e. The zero-order chi connectivity index (χ0) is 14.8. The maximum atomic E-state index is 5.89. The van der Waals surface area contributed by atoms with Crippen LogP contribution in [0.4, 0.5) is 0 Å². The first-order chi connectivity index (χ1) is 10.3. The van der Waals surface area contributed by atoms with Gasteiger partial charge in [-0.2, -0.15) is 0 Å². The maximum Gasteiger partial charge on any atom is 0.188 e. The van der Waals surface area contributed by atoms with Gasteiger partial charge in [-0.05, 0) is 30.7 Å². The molecule has 0 amide bonds. The minimum Gasteiger partial charge on any atom is -0.376 e. The Kier molecular flexibility index (Phi) is 10.9. The molecule has 1 fully saturated rings. The Balaban J connectivity index is 0.00000242. The molecule has 22 heavy (non-hydrogen) atoms. The van der Waals surface area contributed by atoms with Gasteiger partial charge in [0.05, 0.1) is 19.3 Å². The fourth-order valence-electron chi connectivity index (χ4n) is 2.62. The van der Waals surface area contributed by atoms with Crippen LogP contribution in [0.15, 0.2) is 22.5 Å². The molecule has 0 spiro atoms. The number of ether oxygens (including phenoxy) is 1. The van der Waals surface area contributed by atoms with Crippen LogP contribution in [0.5, 0.6) is 0 Å². The summed E-state index contributed by atoms with van der Waals surface area (Å²) >= 11 is 1.77. The van der Waals surface area contributed by atoms with Gasteiger partial charge in [0, 0.05) is 11.4 Å². The number of guanidine groups is 1. The topological polar surface area (TPSA) is 59.6 Å². The predicted octanol–water partition coefficient (Wildman–Crippen LogP) is 3.55. The van der Waals surface area contributed by atoms with E-state index in [1.807, 2.05) is 0 Å². The van der Waals surface area contributed by atoms with E-state index in [-0.39, 0.29) is 24.0 Å². The van der Waals surface area contributed by atoms with Crippen LogP contribution < -0.4 is 11.1 Å². The number of rotatable bonds is 7. The van der Waals surface area contributed by atoms with Crippen molar-refractivity contribution in [2.24, 2.45) is 10.7 Å². The van der Waals surface area contributed by atoms with E-state index in [0.29, 0.717) is 25.2 Å². The Morgan fingerprint density at radius 3 is 2.77 bits per heavy atom. The fourth-order valence-corrected chi connectivity index (χ4v) is 3.33. The molecule has 0 bridgehead atoms. The Hall–Kier alpha value is -0.340. The second-order valence-corrected chi connectivity index (χ2v) is 6.54. The lowest BCUT2D eigenvalue weighted by molar-refractivity contribution is 0.0487. The van der Waals surface area contributed by atoms with Crippen molar-refractivity contribution in [2.45, 2.75) is 51.0 Å². The van der Waals surface area contributed by atoms with E-state index in [1.165, 1.54) is 43.4 Å². The monoisotopic (exact) mass is 437 g/mol. The van der Waals surface area contributed by atoms with Gasteiger partial charge in [0.2, 0.25) is 0 Å². The quantitative estimate of drug-likeness (QED) is 0.226. The van der Waals surface area contributed by atoms with Crippen molar-refractivity contribution in [3.05, 3.63) is 22.4 Å². The highest BCUT2D eigenvalue weighted by Gasteiger charge is 2.11. The summed E-state index contributed by atoms with van der Waals surface area (Å²) < 4.78 is 5.89. The van der Waals surface area contributed by atoms with E-state index in [1.54, 1.807) is 11.3 Å². The lowest BCUT2D eigenvalue weighted by Crippen LogP contribution is -2.33. The molecule has 0 saturated heterocycles. The molecule has 4 nitrogen and oxygen atoms in total. The molecule has 1 heterocycles. The van der Waals surface area contributed by atoms with Crippen LogP contribution in [0.1, 0.15) is 43.4 Å². The molecule has 0 atom stereocenters. The molecular formula is C16H28IN3OS. The van der Waals surface area contributed by atoms with Gasteiger partial charge in [0.15, 0.2) is 5.96 Å². The summed E-state index contributed by atoms with van der Waals surface area (Å²) in [5, 5.41) is 5.24. The lowest BCUT2D eigenvalue weighted by atomic mass is 10.1. The van der Waals surface area contributed by atoms with Crippen LogP contribution in [-0.2, 0) is 11.2 Å². The zero-order valence-corrected chi connectivity index (χ0v) is 16.3. The normalized spacial score (nSPS) is 16.8. The molecule has 1 aliphatic carbocycles. The van der Waals surface area contributed by atoms with Crippen molar-refractivity contribution < 1.29 is 4.74 Å². The van der Waals surface area contributed by atoms with E-state index < -0.39 is 0 Å². The number of hydrogen-bond donors (Lipinski definition) is 2. The molecule has 1 aliphatic rings. The van der Waals surface area contributed by atoms with Crippen molar-refractivity contribution in [1.82, 2.24) is 5.32 Å². The van der Waals surface area contributed by atoms with Crippen LogP contribution in [-0.4, -0.2) is 31.8 Å². The number of thiophene rings is 1. The summed E-state index contributed by atoms with van der Waals surface area (Å²) in [4.78, 5) is 5.68. The molecule has 126 valence electrons. The van der Waals surface area contributed by atoms with E-state index >= 15 is 0 Å².